The summed E-state index contributed by atoms with van der Waals surface area (Å²) in [7, 11) is 0. The van der Waals surface area contributed by atoms with Crippen LogP contribution < -0.4 is 6.15 Å². The topological polar surface area (TPSA) is 87.9 Å². The molecule has 66 valence electrons. The van der Waals surface area contributed by atoms with Gasteiger partial charge in [-0.05, 0) is 12.8 Å². The molecule has 0 aromatic carbocycles. The zero-order chi connectivity index (χ0) is 7.40. The Morgan fingerprint density at radius 2 is 1.82 bits per heavy atom. The Labute approximate surface area is 65.9 Å². The Morgan fingerprint density at radius 1 is 1.27 bits per heavy atom. The second kappa shape index (κ2) is 5.03. The molecule has 0 aromatic rings. The monoisotopic (exact) mass is 161 g/mol. The van der Waals surface area contributed by atoms with Gasteiger partial charge in [0.1, 0.15) is 0 Å². The SMILES string of the molecule is N.O=NN(O)C1CCCCC1. The number of hydrogen-bond acceptors (Lipinski definition) is 4. The summed E-state index contributed by atoms with van der Waals surface area (Å²) in [4.78, 5) is 9.83. The highest BCUT2D eigenvalue weighted by Gasteiger charge is 2.18. The zero-order valence-electron chi connectivity index (χ0n) is 6.57. The molecule has 5 heteroatoms. The van der Waals surface area contributed by atoms with Crippen molar-refractivity contribution in [2.45, 2.75) is 38.1 Å². The van der Waals surface area contributed by atoms with Crippen LogP contribution in [0.15, 0.2) is 5.29 Å². The molecule has 11 heavy (non-hydrogen) atoms. The minimum absolute atomic E-state index is 0. The molecule has 0 aromatic heterocycles. The van der Waals surface area contributed by atoms with Crippen molar-refractivity contribution in [2.75, 3.05) is 0 Å². The van der Waals surface area contributed by atoms with E-state index in [1.54, 1.807) is 0 Å². The van der Waals surface area contributed by atoms with Crippen LogP contribution in [0.25, 0.3) is 0 Å². The van der Waals surface area contributed by atoms with Gasteiger partial charge in [-0.2, -0.15) is 0 Å². The van der Waals surface area contributed by atoms with E-state index in [-0.39, 0.29) is 12.2 Å². The van der Waals surface area contributed by atoms with Gasteiger partial charge in [-0.3, -0.25) is 5.21 Å². The number of hydroxylamine groups is 1. The average Bonchev–Trinajstić information content (AvgIpc) is 2.05. The highest BCUT2D eigenvalue weighted by atomic mass is 16.6. The van der Waals surface area contributed by atoms with E-state index in [1.807, 2.05) is 0 Å². The molecule has 0 atom stereocenters. The minimum atomic E-state index is -0.0220. The second-order valence-corrected chi connectivity index (χ2v) is 2.69. The second-order valence-electron chi connectivity index (χ2n) is 2.69. The molecular weight excluding hydrogens is 146 g/mol. The maximum Gasteiger partial charge on any atom is 0.0790 e. The van der Waals surface area contributed by atoms with Crippen molar-refractivity contribution in [2.24, 2.45) is 5.29 Å². The maximum atomic E-state index is 9.83. The number of rotatable bonds is 2. The summed E-state index contributed by atoms with van der Waals surface area (Å²) in [5.41, 5.74) is 0. The van der Waals surface area contributed by atoms with Crippen LogP contribution in [0.1, 0.15) is 32.1 Å². The Morgan fingerprint density at radius 3 is 2.27 bits per heavy atom. The summed E-state index contributed by atoms with van der Waals surface area (Å²) in [6.07, 6.45) is 5.18. The summed E-state index contributed by atoms with van der Waals surface area (Å²) >= 11 is 0. The fraction of sp³-hybridized carbons (Fsp3) is 1.00. The first kappa shape index (κ1) is 10.3. The summed E-state index contributed by atoms with van der Waals surface area (Å²) in [5, 5.41) is 11.8. The van der Waals surface area contributed by atoms with Crippen molar-refractivity contribution in [1.29, 1.82) is 0 Å². The number of nitroso groups, excluding NO2 is 1. The molecule has 0 amide bonds. The molecule has 0 aliphatic heterocycles. The van der Waals surface area contributed by atoms with Gasteiger partial charge in [0.25, 0.3) is 0 Å². The standard InChI is InChI=1S/C6H12N2O2.H3N/c9-7-8(10)6-4-2-1-3-5-6;/h6,10H,1-5H2;1H3. The Balaban J connectivity index is 0.000001000. The molecule has 1 aliphatic carbocycles. The van der Waals surface area contributed by atoms with Crippen LogP contribution in [0.2, 0.25) is 0 Å². The fourth-order valence-electron chi connectivity index (χ4n) is 1.38. The van der Waals surface area contributed by atoms with E-state index in [0.29, 0.717) is 5.17 Å². The van der Waals surface area contributed by atoms with Crippen LogP contribution in [0.3, 0.4) is 0 Å². The lowest BCUT2D eigenvalue weighted by molar-refractivity contribution is -0.136. The predicted octanol–water partition coefficient (Wildman–Crippen LogP) is 1.85. The molecule has 0 spiro atoms. The lowest BCUT2D eigenvalue weighted by Crippen LogP contribution is -2.29. The first-order chi connectivity index (χ1) is 4.84. The van der Waals surface area contributed by atoms with Gasteiger partial charge in [0, 0.05) is 0 Å². The van der Waals surface area contributed by atoms with Crippen molar-refractivity contribution in [3.8, 4) is 0 Å². The van der Waals surface area contributed by atoms with E-state index in [0.717, 1.165) is 25.7 Å². The molecule has 4 N–H and O–H groups in total. The zero-order valence-corrected chi connectivity index (χ0v) is 6.57. The van der Waals surface area contributed by atoms with Crippen LogP contribution >= 0.6 is 0 Å². The van der Waals surface area contributed by atoms with Crippen LogP contribution in [-0.4, -0.2) is 16.4 Å². The van der Waals surface area contributed by atoms with Crippen molar-refractivity contribution >= 4 is 0 Å². The van der Waals surface area contributed by atoms with Gasteiger partial charge in [0.05, 0.1) is 11.3 Å². The third-order valence-corrected chi connectivity index (χ3v) is 1.98. The normalized spacial score (nSPS) is 18.6. The molecule has 1 saturated carbocycles. The van der Waals surface area contributed by atoms with Crippen molar-refractivity contribution in [3.63, 3.8) is 0 Å². The van der Waals surface area contributed by atoms with E-state index < -0.39 is 0 Å². The third-order valence-electron chi connectivity index (χ3n) is 1.98. The molecule has 0 heterocycles. The Kier molecular flexibility index (Phi) is 4.72. The summed E-state index contributed by atoms with van der Waals surface area (Å²) in [6.45, 7) is 0. The van der Waals surface area contributed by atoms with Gasteiger partial charge < -0.3 is 6.15 Å². The fourth-order valence-corrected chi connectivity index (χ4v) is 1.38. The van der Waals surface area contributed by atoms with Crippen LogP contribution in [0.5, 0.6) is 0 Å². The minimum Gasteiger partial charge on any atom is -0.344 e. The van der Waals surface area contributed by atoms with Gasteiger partial charge in [-0.15, -0.1) is 10.1 Å². The van der Waals surface area contributed by atoms with E-state index in [1.165, 1.54) is 6.42 Å². The maximum absolute atomic E-state index is 9.83. The highest BCUT2D eigenvalue weighted by Crippen LogP contribution is 2.21. The average molecular weight is 161 g/mol. The molecule has 0 saturated heterocycles. The quantitative estimate of drug-likeness (QED) is 0.478. The first-order valence-corrected chi connectivity index (χ1v) is 3.66. The summed E-state index contributed by atoms with van der Waals surface area (Å²) < 4.78 is 0. The third kappa shape index (κ3) is 2.81. The summed E-state index contributed by atoms with van der Waals surface area (Å²) in [6, 6.07) is -0.0220. The molecule has 1 fully saturated rings. The van der Waals surface area contributed by atoms with Gasteiger partial charge >= 0.3 is 0 Å². The highest BCUT2D eigenvalue weighted by molar-refractivity contribution is 4.68. The van der Waals surface area contributed by atoms with E-state index in [2.05, 4.69) is 5.29 Å². The predicted molar refractivity (Wildman–Crippen MR) is 41.3 cm³/mol. The smallest absolute Gasteiger partial charge is 0.0790 e. The van der Waals surface area contributed by atoms with Gasteiger partial charge in [0.2, 0.25) is 0 Å². The van der Waals surface area contributed by atoms with Crippen LogP contribution in [0.4, 0.5) is 0 Å². The van der Waals surface area contributed by atoms with Gasteiger partial charge in [0.15, 0.2) is 0 Å². The van der Waals surface area contributed by atoms with Crippen molar-refractivity contribution in [3.05, 3.63) is 4.91 Å². The lowest BCUT2D eigenvalue weighted by Gasteiger charge is -2.23. The summed E-state index contributed by atoms with van der Waals surface area (Å²) in [5.74, 6) is 0. The molecule has 0 unspecified atom stereocenters. The van der Waals surface area contributed by atoms with E-state index in [9.17, 15) is 4.91 Å². The van der Waals surface area contributed by atoms with Gasteiger partial charge in [-0.1, -0.05) is 19.3 Å². The molecule has 0 bridgehead atoms. The molecule has 5 nitrogen and oxygen atoms in total. The lowest BCUT2D eigenvalue weighted by atomic mass is 9.96. The molecule has 0 radical (unpaired) electrons. The molecule has 1 rings (SSSR count). The Hall–Kier alpha value is -0.680. The number of nitrogens with zero attached hydrogens (tertiary/aromatic N) is 2. The van der Waals surface area contributed by atoms with E-state index in [4.69, 9.17) is 5.21 Å². The van der Waals surface area contributed by atoms with Crippen LogP contribution in [-0.2, 0) is 0 Å². The van der Waals surface area contributed by atoms with Crippen LogP contribution in [0, 0.1) is 4.91 Å². The molecule has 1 aliphatic rings. The largest absolute Gasteiger partial charge is 0.344 e. The van der Waals surface area contributed by atoms with E-state index >= 15 is 0 Å². The van der Waals surface area contributed by atoms with Crippen molar-refractivity contribution in [1.82, 2.24) is 11.3 Å². The number of hydrogen-bond donors (Lipinski definition) is 2. The Bertz CT molecular complexity index is 114. The first-order valence-electron chi connectivity index (χ1n) is 3.66. The van der Waals surface area contributed by atoms with Gasteiger partial charge in [-0.25, -0.2) is 0 Å². The van der Waals surface area contributed by atoms with Crippen molar-refractivity contribution < 1.29 is 5.21 Å². The molecular formula is C6H15N3O2.